The van der Waals surface area contributed by atoms with Gasteiger partial charge in [0.2, 0.25) is 5.91 Å². The summed E-state index contributed by atoms with van der Waals surface area (Å²) >= 11 is 0. The number of nitrogens with zero attached hydrogens (tertiary/aromatic N) is 3. The highest BCUT2D eigenvalue weighted by Gasteiger charge is 2.26. The van der Waals surface area contributed by atoms with E-state index in [1.54, 1.807) is 0 Å². The molecule has 3 N–H and O–H groups in total. The molecule has 0 bridgehead atoms. The zero-order valence-electron chi connectivity index (χ0n) is 10.6. The number of oxime groups is 1. The Morgan fingerprint density at radius 1 is 1.35 bits per heavy atom. The monoisotopic (exact) mass is 242 g/mol. The summed E-state index contributed by atoms with van der Waals surface area (Å²) in [6.07, 6.45) is 1.36. The highest BCUT2D eigenvalue weighted by Crippen LogP contribution is 2.10. The van der Waals surface area contributed by atoms with Crippen LogP contribution in [0.1, 0.15) is 26.7 Å². The van der Waals surface area contributed by atoms with Crippen LogP contribution in [-0.4, -0.2) is 59.0 Å². The Balaban J connectivity index is 2.53. The van der Waals surface area contributed by atoms with Gasteiger partial charge >= 0.3 is 0 Å². The predicted molar refractivity (Wildman–Crippen MR) is 65.9 cm³/mol. The van der Waals surface area contributed by atoms with E-state index in [4.69, 9.17) is 10.9 Å². The van der Waals surface area contributed by atoms with Gasteiger partial charge in [-0.2, -0.15) is 0 Å². The quantitative estimate of drug-likeness (QED) is 0.316. The van der Waals surface area contributed by atoms with Gasteiger partial charge in [0.1, 0.15) is 0 Å². The molecule has 1 fully saturated rings. The first-order valence-corrected chi connectivity index (χ1v) is 6.13. The molecule has 17 heavy (non-hydrogen) atoms. The fourth-order valence-electron chi connectivity index (χ4n) is 2.23. The fraction of sp³-hybridized carbons (Fsp3) is 0.818. The summed E-state index contributed by atoms with van der Waals surface area (Å²) in [5.74, 6) is 0.448. The third kappa shape index (κ3) is 3.33. The number of amidine groups is 1. The summed E-state index contributed by atoms with van der Waals surface area (Å²) in [5.41, 5.74) is 5.66. The van der Waals surface area contributed by atoms with Gasteiger partial charge in [-0.05, 0) is 6.42 Å². The lowest BCUT2D eigenvalue weighted by Gasteiger charge is -2.38. The van der Waals surface area contributed by atoms with E-state index in [9.17, 15) is 4.79 Å². The molecular formula is C11H22N4O2. The van der Waals surface area contributed by atoms with Crippen molar-refractivity contribution in [1.29, 1.82) is 0 Å². The Labute approximate surface area is 102 Å². The van der Waals surface area contributed by atoms with Gasteiger partial charge in [-0.1, -0.05) is 19.0 Å². The first-order chi connectivity index (χ1) is 8.13. The normalized spacial score (nSPS) is 20.4. The number of rotatable bonds is 4. The number of hydrogen-bond acceptors (Lipinski definition) is 4. The van der Waals surface area contributed by atoms with Crippen LogP contribution in [0.25, 0.3) is 0 Å². The van der Waals surface area contributed by atoms with Crippen molar-refractivity contribution >= 4 is 11.7 Å². The zero-order valence-corrected chi connectivity index (χ0v) is 10.6. The summed E-state index contributed by atoms with van der Waals surface area (Å²) in [5, 5.41) is 11.8. The van der Waals surface area contributed by atoms with Gasteiger partial charge < -0.3 is 15.8 Å². The van der Waals surface area contributed by atoms with Crippen molar-refractivity contribution in [1.82, 2.24) is 9.80 Å². The Kier molecular flexibility index (Phi) is 5.21. The van der Waals surface area contributed by atoms with Gasteiger partial charge in [-0.15, -0.1) is 0 Å². The van der Waals surface area contributed by atoms with E-state index in [0.717, 1.165) is 32.6 Å². The van der Waals surface area contributed by atoms with Crippen LogP contribution in [0.4, 0.5) is 0 Å². The number of nitrogens with two attached hydrogens (primary N) is 1. The second kappa shape index (κ2) is 6.44. The average Bonchev–Trinajstić information content (AvgIpc) is 2.39. The molecule has 0 aromatic carbocycles. The molecule has 6 nitrogen and oxygen atoms in total. The molecule has 1 aliphatic heterocycles. The summed E-state index contributed by atoms with van der Waals surface area (Å²) in [4.78, 5) is 15.6. The van der Waals surface area contributed by atoms with Crippen LogP contribution in [0, 0.1) is 0 Å². The maximum Gasteiger partial charge on any atom is 0.222 e. The molecule has 1 heterocycles. The van der Waals surface area contributed by atoms with Crippen molar-refractivity contribution in [2.45, 2.75) is 32.7 Å². The van der Waals surface area contributed by atoms with E-state index in [1.165, 1.54) is 0 Å². The summed E-state index contributed by atoms with van der Waals surface area (Å²) in [7, 11) is 0. The summed E-state index contributed by atoms with van der Waals surface area (Å²) < 4.78 is 0. The molecular weight excluding hydrogens is 220 g/mol. The van der Waals surface area contributed by atoms with Crippen molar-refractivity contribution in [2.75, 3.05) is 26.2 Å². The van der Waals surface area contributed by atoms with Crippen molar-refractivity contribution in [3.63, 3.8) is 0 Å². The van der Waals surface area contributed by atoms with Crippen LogP contribution in [0.3, 0.4) is 0 Å². The molecule has 0 aromatic rings. The number of carbonyl (C=O) groups is 1. The Hall–Kier alpha value is -1.30. The maximum absolute atomic E-state index is 11.5. The molecule has 1 unspecified atom stereocenters. The number of carbonyl (C=O) groups excluding carboxylic acids is 1. The van der Waals surface area contributed by atoms with E-state index in [-0.39, 0.29) is 17.8 Å². The predicted octanol–water partition coefficient (Wildman–Crippen LogP) is 0.0656. The molecule has 0 radical (unpaired) electrons. The second-order valence-electron chi connectivity index (χ2n) is 4.22. The minimum absolute atomic E-state index is 0.0288. The molecule has 0 spiro atoms. The van der Waals surface area contributed by atoms with Gasteiger partial charge in [-0.3, -0.25) is 9.69 Å². The molecule has 1 saturated heterocycles. The lowest BCUT2D eigenvalue weighted by atomic mass is 10.1. The Morgan fingerprint density at radius 2 is 1.94 bits per heavy atom. The van der Waals surface area contributed by atoms with E-state index in [2.05, 4.69) is 10.1 Å². The van der Waals surface area contributed by atoms with Crippen LogP contribution in [0.2, 0.25) is 0 Å². The van der Waals surface area contributed by atoms with Crippen molar-refractivity contribution < 1.29 is 10.0 Å². The fourth-order valence-corrected chi connectivity index (χ4v) is 2.23. The van der Waals surface area contributed by atoms with Gasteiger partial charge in [0.15, 0.2) is 5.84 Å². The molecule has 1 rings (SSSR count). The standard InChI is InChI=1S/C11H22N4O2/c1-3-9(11(12)13-17)14-5-7-15(8-6-14)10(16)4-2/h9,17H,3-8H2,1-2H3,(H2,12,13). The van der Waals surface area contributed by atoms with Crippen LogP contribution in [0.15, 0.2) is 5.16 Å². The van der Waals surface area contributed by atoms with Crippen molar-refractivity contribution in [3.8, 4) is 0 Å². The molecule has 0 aromatic heterocycles. The van der Waals surface area contributed by atoms with Gasteiger partial charge in [-0.25, -0.2) is 0 Å². The smallest absolute Gasteiger partial charge is 0.222 e. The van der Waals surface area contributed by atoms with Crippen molar-refractivity contribution in [2.24, 2.45) is 10.9 Å². The molecule has 1 aliphatic rings. The Bertz CT molecular complexity index is 285. The van der Waals surface area contributed by atoms with Crippen LogP contribution in [0.5, 0.6) is 0 Å². The molecule has 6 heteroatoms. The minimum atomic E-state index is -0.0288. The van der Waals surface area contributed by atoms with Gasteiger partial charge in [0.05, 0.1) is 6.04 Å². The second-order valence-corrected chi connectivity index (χ2v) is 4.22. The van der Waals surface area contributed by atoms with Crippen LogP contribution < -0.4 is 5.73 Å². The summed E-state index contributed by atoms with van der Waals surface area (Å²) in [6.45, 7) is 6.89. The molecule has 1 amide bonds. The van der Waals surface area contributed by atoms with E-state index in [0.29, 0.717) is 6.42 Å². The number of hydrogen-bond donors (Lipinski definition) is 2. The number of amides is 1. The third-order valence-corrected chi connectivity index (χ3v) is 3.25. The molecule has 0 saturated carbocycles. The molecule has 1 atom stereocenters. The van der Waals surface area contributed by atoms with Crippen molar-refractivity contribution in [3.05, 3.63) is 0 Å². The lowest BCUT2D eigenvalue weighted by molar-refractivity contribution is -0.132. The molecule has 98 valence electrons. The third-order valence-electron chi connectivity index (χ3n) is 3.25. The van der Waals surface area contributed by atoms with E-state index in [1.807, 2.05) is 18.7 Å². The topological polar surface area (TPSA) is 82.2 Å². The van der Waals surface area contributed by atoms with Gasteiger partial charge in [0.25, 0.3) is 0 Å². The summed E-state index contributed by atoms with van der Waals surface area (Å²) in [6, 6.07) is -0.0288. The van der Waals surface area contributed by atoms with Crippen LogP contribution in [-0.2, 0) is 4.79 Å². The SMILES string of the molecule is CCC(=O)N1CCN(C(CC)C(N)=NO)CC1. The molecule has 0 aliphatic carbocycles. The average molecular weight is 242 g/mol. The van der Waals surface area contributed by atoms with E-state index < -0.39 is 0 Å². The first-order valence-electron chi connectivity index (χ1n) is 6.13. The van der Waals surface area contributed by atoms with E-state index >= 15 is 0 Å². The first kappa shape index (κ1) is 13.8. The lowest BCUT2D eigenvalue weighted by Crippen LogP contribution is -2.55. The van der Waals surface area contributed by atoms with Gasteiger partial charge in [0, 0.05) is 32.6 Å². The van der Waals surface area contributed by atoms with Crippen LogP contribution >= 0.6 is 0 Å². The Morgan fingerprint density at radius 3 is 2.35 bits per heavy atom. The highest BCUT2D eigenvalue weighted by atomic mass is 16.4. The number of piperazine rings is 1. The maximum atomic E-state index is 11.5. The highest BCUT2D eigenvalue weighted by molar-refractivity contribution is 5.85. The zero-order chi connectivity index (χ0) is 12.8. The minimum Gasteiger partial charge on any atom is -0.409 e. The largest absolute Gasteiger partial charge is 0.409 e.